The van der Waals surface area contributed by atoms with Gasteiger partial charge in [0.1, 0.15) is 0 Å². The molecule has 0 aromatic heterocycles. The van der Waals surface area contributed by atoms with Crippen LogP contribution in [0.3, 0.4) is 0 Å². The van der Waals surface area contributed by atoms with Crippen LogP contribution in [-0.2, 0) is 9.59 Å². The van der Waals surface area contributed by atoms with E-state index >= 15 is 0 Å². The van der Waals surface area contributed by atoms with Gasteiger partial charge in [-0.15, -0.1) is 0 Å². The molecule has 6 heteroatoms. The summed E-state index contributed by atoms with van der Waals surface area (Å²) in [6, 6.07) is 28.5. The van der Waals surface area contributed by atoms with Crippen LogP contribution in [0, 0.1) is 0 Å². The van der Waals surface area contributed by atoms with Crippen molar-refractivity contribution in [3.8, 4) is 0 Å². The molecule has 0 radical (unpaired) electrons. The minimum Gasteiger partial charge on any atom is -0.294 e. The molecule has 0 aliphatic rings. The summed E-state index contributed by atoms with van der Waals surface area (Å²) >= 11 is 18.1. The van der Waals surface area contributed by atoms with Crippen LogP contribution < -0.4 is 15.9 Å². The molecule has 0 aliphatic heterocycles. The molecule has 0 amide bonds. The van der Waals surface area contributed by atoms with Crippen LogP contribution in [0.15, 0.2) is 91.0 Å². The second kappa shape index (κ2) is 8.90. The van der Waals surface area contributed by atoms with Crippen LogP contribution in [0.4, 0.5) is 0 Å². The highest BCUT2D eigenvalue weighted by atomic mass is 35.6. The van der Waals surface area contributed by atoms with Gasteiger partial charge in [0.05, 0.1) is 5.29 Å². The van der Waals surface area contributed by atoms with E-state index in [4.69, 9.17) is 34.8 Å². The summed E-state index contributed by atoms with van der Waals surface area (Å²) < 4.78 is -2.25. The van der Waals surface area contributed by atoms with Crippen LogP contribution in [-0.4, -0.2) is 20.7 Å². The number of carbonyl (C=O) groups excluding carboxylic acids is 2. The molecule has 29 heavy (non-hydrogen) atoms. The average Bonchev–Trinajstić information content (AvgIpc) is 2.72. The lowest BCUT2D eigenvalue weighted by atomic mass is 10.2. The van der Waals surface area contributed by atoms with Gasteiger partial charge in [-0.25, -0.2) is 0 Å². The lowest BCUT2D eigenvalue weighted by Crippen LogP contribution is -2.41. The van der Waals surface area contributed by atoms with Crippen molar-refractivity contribution in [1.29, 1.82) is 0 Å². The number of alkyl halides is 3. The highest BCUT2D eigenvalue weighted by molar-refractivity contribution is 7.97. The van der Waals surface area contributed by atoms with E-state index in [1.165, 1.54) is 6.92 Å². The summed E-state index contributed by atoms with van der Waals surface area (Å²) in [5.41, 5.74) is 0. The van der Waals surface area contributed by atoms with Crippen molar-refractivity contribution in [3.05, 3.63) is 91.0 Å². The predicted octanol–water partition coefficient (Wildman–Crippen LogP) is 4.68. The Morgan fingerprint density at radius 1 is 0.655 bits per heavy atom. The third-order valence-corrected chi connectivity index (χ3v) is 9.49. The van der Waals surface area contributed by atoms with Gasteiger partial charge < -0.3 is 0 Å². The normalized spacial score (nSPS) is 11.7. The molecular formula is C23H18Cl3O2P. The Bertz CT molecular complexity index is 970. The largest absolute Gasteiger partial charge is 0.294 e. The standard InChI is InChI=1S/C23H18Cl3O2P/c1-17(27)21(22(28)23(24,25)26)29(18-11-5-2-6-12-18,19-13-7-3-8-14-19)20-15-9-4-10-16-20/h2-16H,1H3. The van der Waals surface area contributed by atoms with Crippen molar-refractivity contribution in [2.24, 2.45) is 0 Å². The minimum atomic E-state index is -2.91. The summed E-state index contributed by atoms with van der Waals surface area (Å²) in [4.78, 5) is 26.3. The van der Waals surface area contributed by atoms with E-state index in [-0.39, 0.29) is 5.29 Å². The van der Waals surface area contributed by atoms with E-state index < -0.39 is 22.2 Å². The fourth-order valence-corrected chi connectivity index (χ4v) is 8.42. The molecular weight excluding hydrogens is 446 g/mol. The lowest BCUT2D eigenvalue weighted by Gasteiger charge is -2.32. The summed E-state index contributed by atoms with van der Waals surface area (Å²) in [6.45, 7) is -1.55. The second-order valence-electron chi connectivity index (χ2n) is 6.41. The van der Waals surface area contributed by atoms with E-state index in [2.05, 4.69) is 0 Å². The summed E-state index contributed by atoms with van der Waals surface area (Å²) in [5.74, 6) is -1.20. The number of hydrogen-bond donors (Lipinski definition) is 0. The third-order valence-electron chi connectivity index (χ3n) is 4.57. The zero-order valence-electron chi connectivity index (χ0n) is 15.6. The maximum atomic E-state index is 13.3. The number of benzene rings is 3. The Morgan fingerprint density at radius 3 is 1.21 bits per heavy atom. The first-order valence-corrected chi connectivity index (χ1v) is 11.8. The molecule has 0 bridgehead atoms. The van der Waals surface area contributed by atoms with Crippen molar-refractivity contribution < 1.29 is 9.59 Å². The van der Waals surface area contributed by atoms with Gasteiger partial charge in [-0.05, 0) is 29.7 Å². The van der Waals surface area contributed by atoms with Gasteiger partial charge in [0.15, 0.2) is 5.78 Å². The molecule has 3 aromatic rings. The highest BCUT2D eigenvalue weighted by Gasteiger charge is 2.42. The highest BCUT2D eigenvalue weighted by Crippen LogP contribution is 2.48. The maximum Gasteiger partial charge on any atom is 0.253 e. The molecule has 0 unspecified atom stereocenters. The van der Waals surface area contributed by atoms with Gasteiger partial charge in [-0.1, -0.05) is 126 Å². The van der Waals surface area contributed by atoms with Crippen molar-refractivity contribution >= 4 is 74.5 Å². The van der Waals surface area contributed by atoms with E-state index in [9.17, 15) is 9.59 Å². The summed E-state index contributed by atoms with van der Waals surface area (Å²) in [6.07, 6.45) is 0. The average molecular weight is 464 g/mol. The summed E-state index contributed by atoms with van der Waals surface area (Å²) in [7, 11) is 0. The van der Waals surface area contributed by atoms with E-state index in [0.29, 0.717) is 0 Å². The number of ketones is 2. The third kappa shape index (κ3) is 4.22. The minimum absolute atomic E-state index is 0.0149. The Morgan fingerprint density at radius 2 is 0.966 bits per heavy atom. The van der Waals surface area contributed by atoms with Gasteiger partial charge in [0.2, 0.25) is 5.78 Å². The van der Waals surface area contributed by atoms with Crippen molar-refractivity contribution in [3.63, 3.8) is 0 Å². The number of hydrogen-bond acceptors (Lipinski definition) is 2. The molecule has 3 aromatic carbocycles. The Kier molecular flexibility index (Phi) is 6.71. The first-order valence-electron chi connectivity index (χ1n) is 8.85. The molecule has 0 fully saturated rings. The van der Waals surface area contributed by atoms with E-state index in [1.807, 2.05) is 91.0 Å². The van der Waals surface area contributed by atoms with Crippen LogP contribution in [0.2, 0.25) is 0 Å². The fourth-order valence-electron chi connectivity index (χ4n) is 3.47. The molecule has 0 heterocycles. The second-order valence-corrected chi connectivity index (χ2v) is 12.0. The zero-order valence-corrected chi connectivity index (χ0v) is 18.7. The van der Waals surface area contributed by atoms with Gasteiger partial charge in [0, 0.05) is 0 Å². The monoisotopic (exact) mass is 462 g/mol. The quantitative estimate of drug-likeness (QED) is 0.313. The van der Waals surface area contributed by atoms with Crippen LogP contribution in [0.1, 0.15) is 6.92 Å². The van der Waals surface area contributed by atoms with Crippen LogP contribution in [0.25, 0.3) is 0 Å². The Labute approximate surface area is 185 Å². The Hall–Kier alpha value is -1.83. The topological polar surface area (TPSA) is 34.1 Å². The first kappa shape index (κ1) is 21.9. The SMILES string of the molecule is CC(=O)C(C(=O)C(Cl)(Cl)Cl)=P(c1ccccc1)(c1ccccc1)c1ccccc1. The molecule has 2 nitrogen and oxygen atoms in total. The lowest BCUT2D eigenvalue weighted by molar-refractivity contribution is -0.115. The molecule has 0 atom stereocenters. The number of rotatable bonds is 5. The molecule has 148 valence electrons. The van der Waals surface area contributed by atoms with Crippen molar-refractivity contribution in [1.82, 2.24) is 0 Å². The van der Waals surface area contributed by atoms with Crippen LogP contribution in [0.5, 0.6) is 0 Å². The van der Waals surface area contributed by atoms with Crippen LogP contribution >= 0.6 is 41.7 Å². The van der Waals surface area contributed by atoms with E-state index in [1.54, 1.807) is 0 Å². The van der Waals surface area contributed by atoms with Gasteiger partial charge in [-0.2, -0.15) is 0 Å². The molecule has 0 saturated carbocycles. The number of carbonyl (C=O) groups is 2. The van der Waals surface area contributed by atoms with Gasteiger partial charge in [0.25, 0.3) is 3.79 Å². The predicted molar refractivity (Wildman–Crippen MR) is 126 cm³/mol. The van der Waals surface area contributed by atoms with Gasteiger partial charge >= 0.3 is 0 Å². The molecule has 0 aliphatic carbocycles. The van der Waals surface area contributed by atoms with Gasteiger partial charge in [-0.3, -0.25) is 9.59 Å². The van der Waals surface area contributed by atoms with E-state index in [0.717, 1.165) is 15.9 Å². The smallest absolute Gasteiger partial charge is 0.253 e. The number of Topliss-reactive ketones (excluding diaryl/α,β-unsaturated/α-hetero) is 2. The molecule has 0 N–H and O–H groups in total. The Balaban J connectivity index is 2.66. The first-order chi connectivity index (χ1) is 13.8. The zero-order chi connectivity index (χ0) is 21.1. The molecule has 0 spiro atoms. The number of halogens is 3. The van der Waals surface area contributed by atoms with Crippen molar-refractivity contribution in [2.45, 2.75) is 10.7 Å². The molecule has 0 saturated heterocycles. The fraction of sp³-hybridized carbons (Fsp3) is 0.0870. The molecule has 3 rings (SSSR count). The summed E-state index contributed by atoms with van der Waals surface area (Å²) in [5, 5.41) is 2.53. The maximum absolute atomic E-state index is 13.3. The van der Waals surface area contributed by atoms with Crippen molar-refractivity contribution in [2.75, 3.05) is 0 Å².